The van der Waals surface area contributed by atoms with Crippen molar-refractivity contribution in [3.63, 3.8) is 0 Å². The normalized spacial score (nSPS) is 9.87. The van der Waals surface area contributed by atoms with Crippen molar-refractivity contribution in [2.45, 2.75) is 6.42 Å². The number of hydrogen-bond donors (Lipinski definition) is 2. The lowest BCUT2D eigenvalue weighted by Gasteiger charge is -2.06. The van der Waals surface area contributed by atoms with Gasteiger partial charge in [-0.15, -0.1) is 0 Å². The Kier molecular flexibility index (Phi) is 3.56. The van der Waals surface area contributed by atoms with Crippen molar-refractivity contribution < 1.29 is 23.5 Å². The SMILES string of the molecule is COC(=O)Cc1cc(NO)c(F)cc1F. The van der Waals surface area contributed by atoms with Crippen LogP contribution >= 0.6 is 0 Å². The number of carbonyl (C=O) groups excluding carboxylic acids is 1. The second kappa shape index (κ2) is 4.70. The summed E-state index contributed by atoms with van der Waals surface area (Å²) in [6.45, 7) is 0. The molecule has 1 rings (SSSR count). The van der Waals surface area contributed by atoms with E-state index in [-0.39, 0.29) is 17.7 Å². The summed E-state index contributed by atoms with van der Waals surface area (Å²) >= 11 is 0. The molecule has 0 fully saturated rings. The van der Waals surface area contributed by atoms with E-state index in [1.165, 1.54) is 0 Å². The van der Waals surface area contributed by atoms with Gasteiger partial charge in [0.15, 0.2) is 5.82 Å². The lowest BCUT2D eigenvalue weighted by atomic mass is 10.1. The van der Waals surface area contributed by atoms with E-state index in [1.807, 2.05) is 0 Å². The monoisotopic (exact) mass is 217 g/mol. The summed E-state index contributed by atoms with van der Waals surface area (Å²) in [5.41, 5.74) is 1.21. The molecule has 0 radical (unpaired) electrons. The number of carbonyl (C=O) groups is 1. The minimum atomic E-state index is -0.941. The molecule has 0 aliphatic heterocycles. The third kappa shape index (κ3) is 2.63. The molecule has 0 bridgehead atoms. The molecular formula is C9H9F2NO3. The first-order valence-corrected chi connectivity index (χ1v) is 4.03. The van der Waals surface area contributed by atoms with E-state index >= 15 is 0 Å². The Bertz CT molecular complexity index is 382. The fraction of sp³-hybridized carbons (Fsp3) is 0.222. The minimum absolute atomic E-state index is 0.0557. The Morgan fingerprint density at radius 3 is 2.67 bits per heavy atom. The summed E-state index contributed by atoms with van der Waals surface area (Å²) < 4.78 is 30.3. The topological polar surface area (TPSA) is 58.6 Å². The van der Waals surface area contributed by atoms with Gasteiger partial charge in [-0.2, -0.15) is 0 Å². The Labute approximate surface area is 84.4 Å². The number of esters is 1. The summed E-state index contributed by atoms with van der Waals surface area (Å²) in [5, 5.41) is 8.50. The number of ether oxygens (including phenoxy) is 1. The number of halogens is 2. The van der Waals surface area contributed by atoms with Crippen molar-refractivity contribution in [3.8, 4) is 0 Å². The summed E-state index contributed by atoms with van der Waals surface area (Å²) in [7, 11) is 1.16. The van der Waals surface area contributed by atoms with Gasteiger partial charge in [-0.1, -0.05) is 0 Å². The predicted molar refractivity (Wildman–Crippen MR) is 47.5 cm³/mol. The molecule has 15 heavy (non-hydrogen) atoms. The van der Waals surface area contributed by atoms with Gasteiger partial charge < -0.3 is 4.74 Å². The number of anilines is 1. The standard InChI is InChI=1S/C9H9F2NO3/c1-15-9(13)3-5-2-8(12-14)7(11)4-6(5)10/h2,4,12,14H,3H2,1H3. The van der Waals surface area contributed by atoms with Crippen molar-refractivity contribution in [3.05, 3.63) is 29.3 Å². The number of benzene rings is 1. The lowest BCUT2D eigenvalue weighted by molar-refractivity contribution is -0.139. The smallest absolute Gasteiger partial charge is 0.310 e. The maximum Gasteiger partial charge on any atom is 0.310 e. The fourth-order valence-corrected chi connectivity index (χ4v) is 1.04. The molecular weight excluding hydrogens is 208 g/mol. The van der Waals surface area contributed by atoms with Crippen molar-refractivity contribution in [2.24, 2.45) is 0 Å². The van der Waals surface area contributed by atoms with Crippen LogP contribution < -0.4 is 5.48 Å². The van der Waals surface area contributed by atoms with Gasteiger partial charge in [0.2, 0.25) is 0 Å². The first kappa shape index (κ1) is 11.4. The predicted octanol–water partition coefficient (Wildman–Crippen LogP) is 1.48. The average Bonchev–Trinajstić information content (AvgIpc) is 2.21. The van der Waals surface area contributed by atoms with Crippen molar-refractivity contribution in [1.82, 2.24) is 0 Å². The first-order valence-electron chi connectivity index (χ1n) is 4.03. The Balaban J connectivity index is 3.02. The lowest BCUT2D eigenvalue weighted by Crippen LogP contribution is -2.07. The second-order valence-electron chi connectivity index (χ2n) is 2.79. The van der Waals surface area contributed by atoms with Gasteiger partial charge >= 0.3 is 5.97 Å². The zero-order valence-electron chi connectivity index (χ0n) is 7.88. The molecule has 0 saturated heterocycles. The van der Waals surface area contributed by atoms with Crippen LogP contribution in [0.25, 0.3) is 0 Å². The van der Waals surface area contributed by atoms with Gasteiger partial charge in [0, 0.05) is 11.6 Å². The summed E-state index contributed by atoms with van der Waals surface area (Å²) in [4.78, 5) is 10.9. The molecule has 82 valence electrons. The third-order valence-corrected chi connectivity index (χ3v) is 1.82. The zero-order valence-corrected chi connectivity index (χ0v) is 7.88. The van der Waals surface area contributed by atoms with E-state index in [9.17, 15) is 13.6 Å². The molecule has 0 heterocycles. The van der Waals surface area contributed by atoms with Gasteiger partial charge in [-0.05, 0) is 6.07 Å². The highest BCUT2D eigenvalue weighted by Gasteiger charge is 2.12. The van der Waals surface area contributed by atoms with Crippen LogP contribution in [0.3, 0.4) is 0 Å². The molecule has 2 N–H and O–H groups in total. The summed E-state index contributed by atoms with van der Waals surface area (Å²) in [5.74, 6) is -2.45. The molecule has 0 aliphatic carbocycles. The maximum atomic E-state index is 13.1. The van der Waals surface area contributed by atoms with Gasteiger partial charge in [0.05, 0.1) is 19.2 Å². The molecule has 0 aromatic heterocycles. The van der Waals surface area contributed by atoms with E-state index in [4.69, 9.17) is 5.21 Å². The molecule has 0 spiro atoms. The van der Waals surface area contributed by atoms with Gasteiger partial charge in [-0.25, -0.2) is 8.78 Å². The molecule has 0 aliphatic rings. The molecule has 0 amide bonds. The van der Waals surface area contributed by atoms with Crippen LogP contribution in [0.1, 0.15) is 5.56 Å². The molecule has 0 saturated carbocycles. The van der Waals surface area contributed by atoms with E-state index in [0.29, 0.717) is 6.07 Å². The summed E-state index contributed by atoms with van der Waals surface area (Å²) in [6, 6.07) is 1.58. The van der Waals surface area contributed by atoms with Crippen LogP contribution in [-0.2, 0) is 16.0 Å². The van der Waals surface area contributed by atoms with E-state index < -0.39 is 17.6 Å². The van der Waals surface area contributed by atoms with Crippen LogP contribution in [0.2, 0.25) is 0 Å². The second-order valence-corrected chi connectivity index (χ2v) is 2.79. The fourth-order valence-electron chi connectivity index (χ4n) is 1.04. The molecule has 0 unspecified atom stereocenters. The van der Waals surface area contributed by atoms with Gasteiger partial charge in [0.1, 0.15) is 5.82 Å². The maximum absolute atomic E-state index is 13.1. The average molecular weight is 217 g/mol. The molecule has 6 heteroatoms. The van der Waals surface area contributed by atoms with Crippen LogP contribution in [0.4, 0.5) is 14.5 Å². The van der Waals surface area contributed by atoms with Crippen molar-refractivity contribution >= 4 is 11.7 Å². The first-order chi connectivity index (χ1) is 7.08. The molecule has 0 atom stereocenters. The molecule has 1 aromatic carbocycles. The zero-order chi connectivity index (χ0) is 11.4. The number of hydrogen-bond acceptors (Lipinski definition) is 4. The largest absolute Gasteiger partial charge is 0.469 e. The van der Waals surface area contributed by atoms with E-state index in [2.05, 4.69) is 4.74 Å². The summed E-state index contributed by atoms with van der Waals surface area (Å²) in [6.07, 6.45) is -0.322. The minimum Gasteiger partial charge on any atom is -0.469 e. The van der Waals surface area contributed by atoms with Gasteiger partial charge in [0.25, 0.3) is 0 Å². The number of methoxy groups -OCH3 is 1. The van der Waals surface area contributed by atoms with Crippen LogP contribution in [-0.4, -0.2) is 18.3 Å². The highest BCUT2D eigenvalue weighted by atomic mass is 19.1. The van der Waals surface area contributed by atoms with Crippen LogP contribution in [0.15, 0.2) is 12.1 Å². The van der Waals surface area contributed by atoms with Gasteiger partial charge in [-0.3, -0.25) is 15.5 Å². The van der Waals surface area contributed by atoms with Crippen LogP contribution in [0.5, 0.6) is 0 Å². The molecule has 4 nitrogen and oxygen atoms in total. The quantitative estimate of drug-likeness (QED) is 0.594. The Morgan fingerprint density at radius 2 is 2.13 bits per heavy atom. The Morgan fingerprint density at radius 1 is 1.47 bits per heavy atom. The van der Waals surface area contributed by atoms with Crippen molar-refractivity contribution in [2.75, 3.05) is 12.6 Å². The van der Waals surface area contributed by atoms with E-state index in [1.54, 1.807) is 5.48 Å². The van der Waals surface area contributed by atoms with E-state index in [0.717, 1.165) is 13.2 Å². The number of nitrogens with one attached hydrogen (secondary N) is 1. The highest BCUT2D eigenvalue weighted by Crippen LogP contribution is 2.19. The third-order valence-electron chi connectivity index (χ3n) is 1.82. The highest BCUT2D eigenvalue weighted by molar-refractivity contribution is 5.73. The Hall–Kier alpha value is -1.69. The van der Waals surface area contributed by atoms with Crippen LogP contribution in [0, 0.1) is 11.6 Å². The van der Waals surface area contributed by atoms with Crippen molar-refractivity contribution in [1.29, 1.82) is 0 Å². The number of rotatable bonds is 3. The molecule has 1 aromatic rings.